The van der Waals surface area contributed by atoms with Crippen molar-refractivity contribution in [2.75, 3.05) is 19.8 Å². The van der Waals surface area contributed by atoms with Gasteiger partial charge in [-0.15, -0.1) is 0 Å². The highest BCUT2D eigenvalue weighted by Gasteiger charge is 2.40. The Balaban J connectivity index is 2.02. The molecule has 1 aliphatic rings. The Kier molecular flexibility index (Phi) is 3.37. The Bertz CT molecular complexity index is 392. The van der Waals surface area contributed by atoms with Crippen LogP contribution >= 0.6 is 11.8 Å². The molecule has 1 aromatic rings. The molecule has 0 atom stereocenters. The highest BCUT2D eigenvalue weighted by atomic mass is 32.2. The molecule has 0 aromatic heterocycles. The molecule has 0 amide bonds. The van der Waals surface area contributed by atoms with Gasteiger partial charge in [0, 0.05) is 4.90 Å². The van der Waals surface area contributed by atoms with Crippen LogP contribution in [0.25, 0.3) is 0 Å². The average molecular weight is 235 g/mol. The van der Waals surface area contributed by atoms with Gasteiger partial charge in [0.2, 0.25) is 0 Å². The maximum atomic E-state index is 9.06. The van der Waals surface area contributed by atoms with Gasteiger partial charge >= 0.3 is 0 Å². The molecular weight excluding hydrogens is 222 g/mol. The molecule has 0 saturated carbocycles. The second-order valence-electron chi connectivity index (χ2n) is 3.61. The van der Waals surface area contributed by atoms with Crippen molar-refractivity contribution < 1.29 is 9.47 Å². The van der Waals surface area contributed by atoms with Crippen LogP contribution in [-0.2, 0) is 4.74 Å². The summed E-state index contributed by atoms with van der Waals surface area (Å²) in [6.07, 6.45) is 0. The number of nitrogens with zero attached hydrogens (tertiary/aromatic N) is 1. The van der Waals surface area contributed by atoms with Crippen molar-refractivity contribution in [1.82, 2.24) is 0 Å². The largest absolute Gasteiger partial charge is 0.494 e. The molecule has 1 aromatic carbocycles. The van der Waals surface area contributed by atoms with Crippen LogP contribution in [0, 0.1) is 11.3 Å². The van der Waals surface area contributed by atoms with Crippen LogP contribution in [0.15, 0.2) is 29.2 Å². The number of benzene rings is 1. The van der Waals surface area contributed by atoms with Gasteiger partial charge in [0.25, 0.3) is 0 Å². The summed E-state index contributed by atoms with van der Waals surface area (Å²) in [5.41, 5.74) is 0. The minimum atomic E-state index is -0.382. The predicted octanol–water partition coefficient (Wildman–Crippen LogP) is 2.47. The van der Waals surface area contributed by atoms with Crippen LogP contribution in [0.4, 0.5) is 0 Å². The van der Waals surface area contributed by atoms with Crippen LogP contribution in [-0.4, -0.2) is 24.6 Å². The van der Waals surface area contributed by atoms with Crippen molar-refractivity contribution in [3.63, 3.8) is 0 Å². The van der Waals surface area contributed by atoms with E-state index in [2.05, 4.69) is 6.07 Å². The average Bonchev–Trinajstić information content (AvgIpc) is 2.26. The smallest absolute Gasteiger partial charge is 0.153 e. The zero-order chi connectivity index (χ0) is 11.4. The van der Waals surface area contributed by atoms with E-state index in [1.165, 1.54) is 0 Å². The first-order chi connectivity index (χ1) is 7.78. The number of nitriles is 1. The molecule has 0 spiro atoms. The van der Waals surface area contributed by atoms with Crippen molar-refractivity contribution >= 4 is 11.8 Å². The molecule has 0 aliphatic carbocycles. The molecule has 2 rings (SSSR count). The van der Waals surface area contributed by atoms with Gasteiger partial charge in [0.15, 0.2) is 4.75 Å². The summed E-state index contributed by atoms with van der Waals surface area (Å²) in [5, 5.41) is 9.06. The zero-order valence-electron chi connectivity index (χ0n) is 9.10. The molecule has 1 fully saturated rings. The fourth-order valence-corrected chi connectivity index (χ4v) is 2.48. The van der Waals surface area contributed by atoms with E-state index < -0.39 is 0 Å². The Hall–Kier alpha value is -1.18. The second-order valence-corrected chi connectivity index (χ2v) is 5.06. The maximum absolute atomic E-state index is 9.06. The number of ether oxygens (including phenoxy) is 2. The third-order valence-corrected chi connectivity index (χ3v) is 3.55. The minimum Gasteiger partial charge on any atom is -0.494 e. The predicted molar refractivity (Wildman–Crippen MR) is 62.6 cm³/mol. The van der Waals surface area contributed by atoms with E-state index in [-0.39, 0.29) is 4.75 Å². The molecule has 1 saturated heterocycles. The fourth-order valence-electron chi connectivity index (χ4n) is 1.43. The lowest BCUT2D eigenvalue weighted by Gasteiger charge is -2.34. The third-order valence-electron chi connectivity index (χ3n) is 2.32. The molecule has 16 heavy (non-hydrogen) atoms. The molecule has 0 N–H and O–H groups in total. The van der Waals surface area contributed by atoms with Gasteiger partial charge in [0.1, 0.15) is 5.75 Å². The normalized spacial score (nSPS) is 17.2. The third kappa shape index (κ3) is 2.31. The summed E-state index contributed by atoms with van der Waals surface area (Å²) in [4.78, 5) is 1.08. The van der Waals surface area contributed by atoms with Crippen molar-refractivity contribution in [3.05, 3.63) is 24.3 Å². The SMILES string of the molecule is CCOc1ccc(SC2(C#N)COC2)cc1. The molecule has 0 bridgehead atoms. The van der Waals surface area contributed by atoms with Crippen molar-refractivity contribution in [2.45, 2.75) is 16.6 Å². The molecule has 0 unspecified atom stereocenters. The Morgan fingerprint density at radius 3 is 2.56 bits per heavy atom. The van der Waals surface area contributed by atoms with E-state index in [1.807, 2.05) is 31.2 Å². The quantitative estimate of drug-likeness (QED) is 0.804. The zero-order valence-corrected chi connectivity index (χ0v) is 9.92. The number of thioether (sulfide) groups is 1. The van der Waals surface area contributed by atoms with Crippen LogP contribution in [0.5, 0.6) is 5.75 Å². The van der Waals surface area contributed by atoms with Crippen LogP contribution in [0.1, 0.15) is 6.92 Å². The van der Waals surface area contributed by atoms with Gasteiger partial charge in [-0.05, 0) is 31.2 Å². The second kappa shape index (κ2) is 4.77. The van der Waals surface area contributed by atoms with Gasteiger partial charge in [0.05, 0.1) is 25.9 Å². The molecule has 1 aliphatic heterocycles. The summed E-state index contributed by atoms with van der Waals surface area (Å²) in [7, 11) is 0. The molecular formula is C12H13NO2S. The summed E-state index contributed by atoms with van der Waals surface area (Å²) < 4.78 is 10.1. The lowest BCUT2D eigenvalue weighted by Crippen LogP contribution is -2.45. The van der Waals surface area contributed by atoms with Gasteiger partial charge in [-0.25, -0.2) is 0 Å². The summed E-state index contributed by atoms with van der Waals surface area (Å²) in [6, 6.07) is 10.1. The lowest BCUT2D eigenvalue weighted by molar-refractivity contribution is 0.0161. The lowest BCUT2D eigenvalue weighted by atomic mass is 10.1. The maximum Gasteiger partial charge on any atom is 0.153 e. The fraction of sp³-hybridized carbons (Fsp3) is 0.417. The monoisotopic (exact) mass is 235 g/mol. The molecule has 0 radical (unpaired) electrons. The van der Waals surface area contributed by atoms with Crippen LogP contribution < -0.4 is 4.74 Å². The van der Waals surface area contributed by atoms with E-state index in [9.17, 15) is 0 Å². The van der Waals surface area contributed by atoms with Gasteiger partial charge in [-0.2, -0.15) is 5.26 Å². The number of hydrogen-bond donors (Lipinski definition) is 0. The van der Waals surface area contributed by atoms with E-state index in [1.54, 1.807) is 11.8 Å². The Morgan fingerprint density at radius 2 is 2.12 bits per heavy atom. The van der Waals surface area contributed by atoms with Crippen LogP contribution in [0.3, 0.4) is 0 Å². The Morgan fingerprint density at radius 1 is 1.44 bits per heavy atom. The van der Waals surface area contributed by atoms with Crippen molar-refractivity contribution in [1.29, 1.82) is 5.26 Å². The molecule has 84 valence electrons. The first-order valence-corrected chi connectivity index (χ1v) is 6.00. The topological polar surface area (TPSA) is 42.2 Å². The van der Waals surface area contributed by atoms with E-state index in [0.717, 1.165) is 10.6 Å². The van der Waals surface area contributed by atoms with Crippen molar-refractivity contribution in [2.24, 2.45) is 0 Å². The minimum absolute atomic E-state index is 0.382. The molecule has 1 heterocycles. The molecule has 3 nitrogen and oxygen atoms in total. The van der Waals surface area contributed by atoms with E-state index in [0.29, 0.717) is 19.8 Å². The van der Waals surface area contributed by atoms with Gasteiger partial charge < -0.3 is 9.47 Å². The van der Waals surface area contributed by atoms with Gasteiger partial charge in [-0.1, -0.05) is 11.8 Å². The summed E-state index contributed by atoms with van der Waals surface area (Å²) in [5.74, 6) is 0.864. The first kappa shape index (κ1) is 11.3. The highest BCUT2D eigenvalue weighted by molar-refractivity contribution is 8.01. The standard InChI is InChI=1S/C12H13NO2S/c1-2-15-10-3-5-11(6-4-10)16-12(7-13)8-14-9-12/h3-6H,2,8-9H2,1H3. The van der Waals surface area contributed by atoms with Crippen LogP contribution in [0.2, 0.25) is 0 Å². The number of hydrogen-bond acceptors (Lipinski definition) is 4. The van der Waals surface area contributed by atoms with Crippen molar-refractivity contribution in [3.8, 4) is 11.8 Å². The highest BCUT2D eigenvalue weighted by Crippen LogP contribution is 2.38. The Labute approximate surface area is 99.4 Å². The summed E-state index contributed by atoms with van der Waals surface area (Å²) >= 11 is 1.56. The summed E-state index contributed by atoms with van der Waals surface area (Å²) in [6.45, 7) is 3.66. The number of rotatable bonds is 4. The first-order valence-electron chi connectivity index (χ1n) is 5.19. The van der Waals surface area contributed by atoms with E-state index >= 15 is 0 Å². The van der Waals surface area contributed by atoms with E-state index in [4.69, 9.17) is 14.7 Å². The van der Waals surface area contributed by atoms with Gasteiger partial charge in [-0.3, -0.25) is 0 Å². The molecule has 4 heteroatoms.